The second-order valence-electron chi connectivity index (χ2n) is 4.43. The van der Waals surface area contributed by atoms with Crippen molar-refractivity contribution in [2.24, 2.45) is 11.0 Å². The Hall–Kier alpha value is -1.80. The van der Waals surface area contributed by atoms with Crippen molar-refractivity contribution in [3.8, 4) is 0 Å². The highest BCUT2D eigenvalue weighted by atomic mass is 127. The Kier molecular flexibility index (Phi) is 4.46. The van der Waals surface area contributed by atoms with E-state index in [1.807, 2.05) is 22.6 Å². The minimum absolute atomic E-state index is 0.0731. The third-order valence-corrected chi connectivity index (χ3v) is 3.97. The van der Waals surface area contributed by atoms with Crippen LogP contribution in [0.2, 0.25) is 0 Å². The van der Waals surface area contributed by atoms with Crippen LogP contribution in [-0.4, -0.2) is 30.1 Å². The van der Waals surface area contributed by atoms with Crippen LogP contribution in [0.15, 0.2) is 23.3 Å². The number of rotatable bonds is 4. The maximum Gasteiger partial charge on any atom is 0.337 e. The quantitative estimate of drug-likeness (QED) is 0.372. The second kappa shape index (κ2) is 6.10. The number of hydrogen-bond donors (Lipinski definition) is 1. The Bertz CT molecular complexity index is 613. The SMILES string of the molecule is [N-]=[N+]=NCC1CC(=O)N(c2c(I)cccc2C(=O)O)C1. The van der Waals surface area contributed by atoms with E-state index in [0.29, 0.717) is 15.8 Å². The molecule has 1 heterocycles. The molecular formula is C12H11IN4O3. The number of carbonyl (C=O) groups excluding carboxylic acids is 1. The van der Waals surface area contributed by atoms with Gasteiger partial charge >= 0.3 is 5.97 Å². The normalized spacial score (nSPS) is 17.9. The van der Waals surface area contributed by atoms with Gasteiger partial charge in [-0.15, -0.1) is 0 Å². The number of hydrogen-bond acceptors (Lipinski definition) is 3. The molecule has 0 radical (unpaired) electrons. The van der Waals surface area contributed by atoms with Gasteiger partial charge in [0, 0.05) is 28.0 Å². The van der Waals surface area contributed by atoms with Gasteiger partial charge in [-0.1, -0.05) is 11.2 Å². The highest BCUT2D eigenvalue weighted by Gasteiger charge is 2.33. The van der Waals surface area contributed by atoms with Crippen molar-refractivity contribution in [3.05, 3.63) is 37.8 Å². The van der Waals surface area contributed by atoms with E-state index in [4.69, 9.17) is 5.53 Å². The lowest BCUT2D eigenvalue weighted by Gasteiger charge is -2.20. The Morgan fingerprint density at radius 2 is 2.35 bits per heavy atom. The van der Waals surface area contributed by atoms with E-state index in [1.54, 1.807) is 12.1 Å². The first kappa shape index (κ1) is 14.6. The molecule has 1 aliphatic rings. The van der Waals surface area contributed by atoms with Crippen molar-refractivity contribution >= 4 is 40.2 Å². The Labute approximate surface area is 128 Å². The van der Waals surface area contributed by atoms with Gasteiger partial charge in [0.2, 0.25) is 5.91 Å². The van der Waals surface area contributed by atoms with Crippen molar-refractivity contribution in [2.45, 2.75) is 6.42 Å². The van der Waals surface area contributed by atoms with Crippen LogP contribution in [0.5, 0.6) is 0 Å². The van der Waals surface area contributed by atoms with Crippen LogP contribution in [0.3, 0.4) is 0 Å². The van der Waals surface area contributed by atoms with E-state index in [0.717, 1.165) is 0 Å². The number of carbonyl (C=O) groups is 2. The largest absolute Gasteiger partial charge is 0.478 e. The number of amides is 1. The molecule has 0 saturated carbocycles. The molecule has 7 nitrogen and oxygen atoms in total. The molecule has 1 atom stereocenters. The molecule has 1 unspecified atom stereocenters. The maximum atomic E-state index is 12.1. The lowest BCUT2D eigenvalue weighted by molar-refractivity contribution is -0.117. The van der Waals surface area contributed by atoms with Gasteiger partial charge < -0.3 is 10.0 Å². The Morgan fingerprint density at radius 1 is 1.60 bits per heavy atom. The number of carboxylic acid groups (broad SMARTS) is 1. The van der Waals surface area contributed by atoms with E-state index < -0.39 is 5.97 Å². The topological polar surface area (TPSA) is 106 Å². The molecule has 1 aromatic carbocycles. The third-order valence-electron chi connectivity index (χ3n) is 3.10. The summed E-state index contributed by atoms with van der Waals surface area (Å²) < 4.78 is 0.709. The number of azide groups is 1. The zero-order valence-electron chi connectivity index (χ0n) is 10.4. The average molecular weight is 386 g/mol. The van der Waals surface area contributed by atoms with E-state index >= 15 is 0 Å². The summed E-state index contributed by atoms with van der Waals surface area (Å²) in [5, 5.41) is 12.7. The van der Waals surface area contributed by atoms with Crippen LogP contribution in [0.25, 0.3) is 10.4 Å². The molecule has 20 heavy (non-hydrogen) atoms. The van der Waals surface area contributed by atoms with Crippen LogP contribution < -0.4 is 4.90 Å². The molecule has 0 spiro atoms. The standard InChI is InChI=1S/C12H11IN4O3/c13-9-3-1-2-8(12(19)20)11(9)17-6-7(4-10(17)18)5-15-16-14/h1-3,7H,4-6H2,(H,19,20). The molecular weight excluding hydrogens is 375 g/mol. The van der Waals surface area contributed by atoms with Crippen molar-refractivity contribution < 1.29 is 14.7 Å². The fraction of sp³-hybridized carbons (Fsp3) is 0.333. The summed E-state index contributed by atoms with van der Waals surface area (Å²) in [4.78, 5) is 27.5. The molecule has 0 aromatic heterocycles. The molecule has 1 amide bonds. The first-order chi connectivity index (χ1) is 9.54. The first-order valence-electron chi connectivity index (χ1n) is 5.87. The van der Waals surface area contributed by atoms with E-state index in [1.165, 1.54) is 11.0 Å². The van der Waals surface area contributed by atoms with Crippen molar-refractivity contribution in [2.75, 3.05) is 18.0 Å². The average Bonchev–Trinajstić information content (AvgIpc) is 2.77. The van der Waals surface area contributed by atoms with Crippen molar-refractivity contribution in [1.82, 2.24) is 0 Å². The summed E-state index contributed by atoms with van der Waals surface area (Å²) >= 11 is 2.02. The number of nitrogens with zero attached hydrogens (tertiary/aromatic N) is 4. The van der Waals surface area contributed by atoms with Gasteiger partial charge in [-0.2, -0.15) is 0 Å². The third kappa shape index (κ3) is 2.86. The summed E-state index contributed by atoms with van der Waals surface area (Å²) in [5.41, 5.74) is 8.85. The van der Waals surface area contributed by atoms with Gasteiger partial charge in [0.25, 0.3) is 0 Å². The van der Waals surface area contributed by atoms with Crippen LogP contribution >= 0.6 is 22.6 Å². The zero-order valence-corrected chi connectivity index (χ0v) is 12.5. The van der Waals surface area contributed by atoms with Gasteiger partial charge in [-0.05, 0) is 46.2 Å². The van der Waals surface area contributed by atoms with E-state index in [2.05, 4.69) is 10.0 Å². The predicted octanol–water partition coefficient (Wildman–Crippen LogP) is 2.65. The van der Waals surface area contributed by atoms with Crippen LogP contribution in [0, 0.1) is 9.49 Å². The summed E-state index contributed by atoms with van der Waals surface area (Å²) in [5.74, 6) is -1.28. The van der Waals surface area contributed by atoms with Gasteiger partial charge in [-0.3, -0.25) is 4.79 Å². The highest BCUT2D eigenvalue weighted by Crippen LogP contribution is 2.32. The zero-order chi connectivity index (χ0) is 14.7. The number of anilines is 1. The van der Waals surface area contributed by atoms with Gasteiger partial charge in [0.15, 0.2) is 0 Å². The molecule has 104 valence electrons. The molecule has 1 fully saturated rings. The molecule has 1 N–H and O–H groups in total. The molecule has 0 aliphatic carbocycles. The first-order valence-corrected chi connectivity index (χ1v) is 6.95. The van der Waals surface area contributed by atoms with Crippen molar-refractivity contribution in [3.63, 3.8) is 0 Å². The molecule has 8 heteroatoms. The Balaban J connectivity index is 2.35. The molecule has 1 aromatic rings. The second-order valence-corrected chi connectivity index (χ2v) is 5.59. The van der Waals surface area contributed by atoms with Crippen LogP contribution in [0.1, 0.15) is 16.8 Å². The van der Waals surface area contributed by atoms with E-state index in [9.17, 15) is 14.7 Å². The Morgan fingerprint density at radius 3 is 3.00 bits per heavy atom. The lowest BCUT2D eigenvalue weighted by atomic mass is 10.1. The molecule has 2 rings (SSSR count). The monoisotopic (exact) mass is 386 g/mol. The number of para-hydroxylation sites is 1. The number of benzene rings is 1. The summed E-state index contributed by atoms with van der Waals surface area (Å²) in [6, 6.07) is 4.89. The fourth-order valence-electron chi connectivity index (χ4n) is 2.23. The predicted molar refractivity (Wildman–Crippen MR) is 80.6 cm³/mol. The van der Waals surface area contributed by atoms with Gasteiger partial charge in [-0.25, -0.2) is 4.79 Å². The van der Waals surface area contributed by atoms with Crippen LogP contribution in [0.4, 0.5) is 5.69 Å². The minimum atomic E-state index is -1.06. The van der Waals surface area contributed by atoms with Crippen molar-refractivity contribution in [1.29, 1.82) is 0 Å². The minimum Gasteiger partial charge on any atom is -0.478 e. The summed E-state index contributed by atoms with van der Waals surface area (Å²) in [6.07, 6.45) is 0.267. The lowest BCUT2D eigenvalue weighted by Crippen LogP contribution is -2.27. The van der Waals surface area contributed by atoms with Crippen LogP contribution in [-0.2, 0) is 4.79 Å². The number of halogens is 1. The highest BCUT2D eigenvalue weighted by molar-refractivity contribution is 14.1. The summed E-state index contributed by atoms with van der Waals surface area (Å²) in [7, 11) is 0. The van der Waals surface area contributed by atoms with Gasteiger partial charge in [0.1, 0.15) is 0 Å². The van der Waals surface area contributed by atoms with E-state index in [-0.39, 0.29) is 30.4 Å². The number of carboxylic acids is 1. The maximum absolute atomic E-state index is 12.1. The molecule has 1 aliphatic heterocycles. The summed E-state index contributed by atoms with van der Waals surface area (Å²) in [6.45, 7) is 0.614. The smallest absolute Gasteiger partial charge is 0.337 e. The van der Waals surface area contributed by atoms with Gasteiger partial charge in [0.05, 0.1) is 11.3 Å². The fourth-order valence-corrected chi connectivity index (χ4v) is 3.02. The molecule has 1 saturated heterocycles. The molecule has 0 bridgehead atoms. The number of aromatic carboxylic acids is 1.